The van der Waals surface area contributed by atoms with E-state index >= 15 is 0 Å². The lowest BCUT2D eigenvalue weighted by molar-refractivity contribution is -0.143. The number of rotatable bonds is 6. The van der Waals surface area contributed by atoms with Crippen molar-refractivity contribution in [3.8, 4) is 0 Å². The van der Waals surface area contributed by atoms with E-state index in [-0.39, 0.29) is 0 Å². The van der Waals surface area contributed by atoms with Crippen LogP contribution in [0.3, 0.4) is 0 Å². The van der Waals surface area contributed by atoms with Gasteiger partial charge in [-0.25, -0.2) is 5.48 Å². The molecule has 0 aliphatic heterocycles. The first-order chi connectivity index (χ1) is 8.15. The third-order valence-corrected chi connectivity index (χ3v) is 3.32. The van der Waals surface area contributed by atoms with Crippen LogP contribution in [0.5, 0.6) is 0 Å². The van der Waals surface area contributed by atoms with Crippen molar-refractivity contribution in [2.24, 2.45) is 11.7 Å². The Morgan fingerprint density at radius 1 is 1.47 bits per heavy atom. The second kappa shape index (κ2) is 7.63. The summed E-state index contributed by atoms with van der Waals surface area (Å²) < 4.78 is 0. The predicted molar refractivity (Wildman–Crippen MR) is 64.9 cm³/mol. The quantitative estimate of drug-likeness (QED) is 0.601. The van der Waals surface area contributed by atoms with Gasteiger partial charge in [0.25, 0.3) is 5.91 Å². The molecule has 2 unspecified atom stereocenters. The number of carbonyl (C=O) groups is 1. The van der Waals surface area contributed by atoms with E-state index in [1.807, 2.05) is 0 Å². The lowest BCUT2D eigenvalue weighted by Gasteiger charge is -2.26. The lowest BCUT2D eigenvalue weighted by Crippen LogP contribution is -2.47. The summed E-state index contributed by atoms with van der Waals surface area (Å²) in [6.45, 7) is 2.13. The first kappa shape index (κ1) is 14.4. The number of hydrogen-bond donors (Lipinski definition) is 3. The highest BCUT2D eigenvalue weighted by molar-refractivity contribution is 5.80. The maximum atomic E-state index is 11.4. The second-order valence-corrected chi connectivity index (χ2v) is 4.75. The zero-order chi connectivity index (χ0) is 12.7. The largest absolute Gasteiger partial charge is 0.382 e. The molecule has 5 nitrogen and oxygen atoms in total. The van der Waals surface area contributed by atoms with Crippen molar-refractivity contribution in [2.75, 3.05) is 6.61 Å². The number of amides is 1. The fourth-order valence-electron chi connectivity index (χ4n) is 2.33. The lowest BCUT2D eigenvalue weighted by atomic mass is 9.84. The number of aliphatic hydroxyl groups excluding tert-OH is 1. The van der Waals surface area contributed by atoms with Gasteiger partial charge < -0.3 is 10.8 Å². The van der Waals surface area contributed by atoms with Crippen molar-refractivity contribution >= 4 is 5.91 Å². The van der Waals surface area contributed by atoms with E-state index in [4.69, 9.17) is 10.6 Å². The van der Waals surface area contributed by atoms with Crippen LogP contribution in [0.25, 0.3) is 0 Å². The summed E-state index contributed by atoms with van der Waals surface area (Å²) in [4.78, 5) is 16.2. The summed E-state index contributed by atoms with van der Waals surface area (Å²) >= 11 is 0. The number of carbonyl (C=O) groups excluding carboxylic acids is 1. The van der Waals surface area contributed by atoms with E-state index in [1.54, 1.807) is 6.92 Å². The zero-order valence-corrected chi connectivity index (χ0v) is 10.5. The summed E-state index contributed by atoms with van der Waals surface area (Å²) in [5.41, 5.74) is 8.04. The van der Waals surface area contributed by atoms with Gasteiger partial charge in [0, 0.05) is 6.04 Å². The standard InChI is InChI=1S/C12H24N2O3/c1-2-17-14-12(16)11(15)10(13)8-9-6-4-3-5-7-9/h9-11,15H,2-8,13H2,1H3,(H,14,16). The van der Waals surface area contributed by atoms with Gasteiger partial charge in [-0.3, -0.25) is 9.63 Å². The predicted octanol–water partition coefficient (Wildman–Crippen LogP) is 0.713. The average Bonchev–Trinajstić information content (AvgIpc) is 2.36. The molecule has 1 fully saturated rings. The Bertz CT molecular complexity index is 230. The molecule has 0 aromatic heterocycles. The summed E-state index contributed by atoms with van der Waals surface area (Å²) in [7, 11) is 0. The van der Waals surface area contributed by atoms with Gasteiger partial charge in [0.05, 0.1) is 6.61 Å². The molecule has 4 N–H and O–H groups in total. The minimum Gasteiger partial charge on any atom is -0.382 e. The van der Waals surface area contributed by atoms with Crippen LogP contribution in [0.4, 0.5) is 0 Å². The van der Waals surface area contributed by atoms with Crippen LogP contribution in [0.2, 0.25) is 0 Å². The van der Waals surface area contributed by atoms with Crippen LogP contribution in [-0.4, -0.2) is 29.8 Å². The zero-order valence-electron chi connectivity index (χ0n) is 10.5. The molecule has 1 amide bonds. The van der Waals surface area contributed by atoms with Crippen molar-refractivity contribution in [1.29, 1.82) is 0 Å². The van der Waals surface area contributed by atoms with Crippen LogP contribution in [0.15, 0.2) is 0 Å². The number of hydrogen-bond acceptors (Lipinski definition) is 4. The molecule has 0 aromatic carbocycles. The molecule has 0 aromatic rings. The van der Waals surface area contributed by atoms with Crippen LogP contribution >= 0.6 is 0 Å². The van der Waals surface area contributed by atoms with Gasteiger partial charge in [-0.15, -0.1) is 0 Å². The normalized spacial score (nSPS) is 20.9. The highest BCUT2D eigenvalue weighted by Crippen LogP contribution is 2.27. The molecular weight excluding hydrogens is 220 g/mol. The van der Waals surface area contributed by atoms with E-state index in [0.29, 0.717) is 18.9 Å². The van der Waals surface area contributed by atoms with E-state index in [9.17, 15) is 9.90 Å². The Morgan fingerprint density at radius 3 is 2.71 bits per heavy atom. The number of nitrogens with one attached hydrogen (secondary N) is 1. The Morgan fingerprint density at radius 2 is 2.12 bits per heavy atom. The molecule has 100 valence electrons. The number of nitrogens with two attached hydrogens (primary N) is 1. The van der Waals surface area contributed by atoms with Gasteiger partial charge in [-0.05, 0) is 19.3 Å². The van der Waals surface area contributed by atoms with Gasteiger partial charge >= 0.3 is 0 Å². The first-order valence-corrected chi connectivity index (χ1v) is 6.50. The third kappa shape index (κ3) is 5.02. The monoisotopic (exact) mass is 244 g/mol. The molecule has 0 saturated heterocycles. The summed E-state index contributed by atoms with van der Waals surface area (Å²) in [6, 6.07) is -0.501. The Hall–Kier alpha value is -0.650. The number of aliphatic hydroxyl groups is 1. The molecule has 0 radical (unpaired) electrons. The summed E-state index contributed by atoms with van der Waals surface area (Å²) in [6.07, 6.45) is 5.61. The SMILES string of the molecule is CCONC(=O)C(O)C(N)CC1CCCCC1. The minimum atomic E-state index is -1.18. The van der Waals surface area contributed by atoms with E-state index in [2.05, 4.69) is 5.48 Å². The molecule has 2 atom stereocenters. The first-order valence-electron chi connectivity index (χ1n) is 6.50. The van der Waals surface area contributed by atoms with Gasteiger partial charge in [0.1, 0.15) is 6.10 Å². The van der Waals surface area contributed by atoms with Gasteiger partial charge in [0.2, 0.25) is 0 Å². The Labute approximate surface area is 103 Å². The third-order valence-electron chi connectivity index (χ3n) is 3.32. The van der Waals surface area contributed by atoms with Crippen molar-refractivity contribution in [3.63, 3.8) is 0 Å². The molecular formula is C12H24N2O3. The highest BCUT2D eigenvalue weighted by Gasteiger charge is 2.26. The molecule has 0 spiro atoms. The second-order valence-electron chi connectivity index (χ2n) is 4.75. The van der Waals surface area contributed by atoms with Crippen molar-refractivity contribution in [1.82, 2.24) is 5.48 Å². The number of hydroxylamine groups is 1. The van der Waals surface area contributed by atoms with Gasteiger partial charge in [-0.2, -0.15) is 0 Å². The van der Waals surface area contributed by atoms with Crippen molar-refractivity contribution in [3.05, 3.63) is 0 Å². The topological polar surface area (TPSA) is 84.6 Å². The van der Waals surface area contributed by atoms with E-state index in [1.165, 1.54) is 19.3 Å². The molecule has 1 saturated carbocycles. The molecule has 17 heavy (non-hydrogen) atoms. The van der Waals surface area contributed by atoms with Gasteiger partial charge in [0.15, 0.2) is 0 Å². The molecule has 0 heterocycles. The fourth-order valence-corrected chi connectivity index (χ4v) is 2.33. The Kier molecular flexibility index (Phi) is 6.47. The van der Waals surface area contributed by atoms with Crippen LogP contribution in [-0.2, 0) is 9.63 Å². The molecule has 5 heteroatoms. The minimum absolute atomic E-state index is 0.371. The molecule has 0 bridgehead atoms. The summed E-state index contributed by atoms with van der Waals surface area (Å²) in [5, 5.41) is 9.73. The van der Waals surface area contributed by atoms with Crippen LogP contribution < -0.4 is 11.2 Å². The van der Waals surface area contributed by atoms with Crippen LogP contribution in [0, 0.1) is 5.92 Å². The molecule has 1 aliphatic carbocycles. The fraction of sp³-hybridized carbons (Fsp3) is 0.917. The Balaban J connectivity index is 2.29. The van der Waals surface area contributed by atoms with Crippen molar-refractivity contribution < 1.29 is 14.7 Å². The van der Waals surface area contributed by atoms with Gasteiger partial charge in [-0.1, -0.05) is 32.1 Å². The van der Waals surface area contributed by atoms with Crippen LogP contribution in [0.1, 0.15) is 45.4 Å². The van der Waals surface area contributed by atoms with E-state index in [0.717, 1.165) is 12.8 Å². The molecule has 1 aliphatic rings. The maximum absolute atomic E-state index is 11.4. The smallest absolute Gasteiger partial charge is 0.273 e. The average molecular weight is 244 g/mol. The maximum Gasteiger partial charge on any atom is 0.273 e. The van der Waals surface area contributed by atoms with E-state index < -0.39 is 18.1 Å². The van der Waals surface area contributed by atoms with Crippen molar-refractivity contribution in [2.45, 2.75) is 57.6 Å². The highest BCUT2D eigenvalue weighted by atomic mass is 16.7. The molecule has 1 rings (SSSR count). The summed E-state index contributed by atoms with van der Waals surface area (Å²) in [5.74, 6) is 0.00320.